The van der Waals surface area contributed by atoms with Crippen molar-refractivity contribution in [1.82, 2.24) is 5.43 Å². The molecule has 1 aromatic carbocycles. The molecule has 0 saturated carbocycles. The average molecular weight is 282 g/mol. The second kappa shape index (κ2) is 6.53. The number of nitrogens with one attached hydrogen (secondary N) is 1. The van der Waals surface area contributed by atoms with Crippen molar-refractivity contribution in [1.29, 1.82) is 0 Å². The topological polar surface area (TPSA) is 41.5 Å². The summed E-state index contributed by atoms with van der Waals surface area (Å²) < 4.78 is 0. The van der Waals surface area contributed by atoms with Crippen LogP contribution in [0.1, 0.15) is 42.6 Å². The van der Waals surface area contributed by atoms with Gasteiger partial charge in [-0.25, -0.2) is 5.43 Å². The molecular formula is C18H22N2O. The molecule has 0 fully saturated rings. The van der Waals surface area contributed by atoms with Crippen LogP contribution in [0, 0.1) is 12.8 Å². The van der Waals surface area contributed by atoms with Crippen molar-refractivity contribution in [3.63, 3.8) is 0 Å². The highest BCUT2D eigenvalue weighted by molar-refractivity contribution is 6.02. The van der Waals surface area contributed by atoms with E-state index < -0.39 is 0 Å². The Hall–Kier alpha value is -2.16. The molecule has 21 heavy (non-hydrogen) atoms. The molecule has 110 valence electrons. The van der Waals surface area contributed by atoms with Crippen molar-refractivity contribution < 1.29 is 4.79 Å². The summed E-state index contributed by atoms with van der Waals surface area (Å²) in [4.78, 5) is 12.1. The maximum Gasteiger partial charge on any atom is 0.271 e. The van der Waals surface area contributed by atoms with Gasteiger partial charge in [0.2, 0.25) is 0 Å². The predicted molar refractivity (Wildman–Crippen MR) is 87.4 cm³/mol. The number of hydrogen-bond acceptors (Lipinski definition) is 2. The Morgan fingerprint density at radius 3 is 2.57 bits per heavy atom. The average Bonchev–Trinajstić information content (AvgIpc) is 2.46. The van der Waals surface area contributed by atoms with Gasteiger partial charge in [-0.3, -0.25) is 4.79 Å². The highest BCUT2D eigenvalue weighted by atomic mass is 16.2. The lowest BCUT2D eigenvalue weighted by Crippen LogP contribution is -2.23. The smallest absolute Gasteiger partial charge is 0.267 e. The number of benzene rings is 1. The molecule has 2 rings (SSSR count). The predicted octanol–water partition coefficient (Wildman–Crippen LogP) is 4.01. The van der Waals surface area contributed by atoms with E-state index in [1.807, 2.05) is 45.0 Å². The first-order valence-corrected chi connectivity index (χ1v) is 7.23. The summed E-state index contributed by atoms with van der Waals surface area (Å²) in [5.74, 6) is 0.247. The van der Waals surface area contributed by atoms with Crippen LogP contribution in [-0.4, -0.2) is 11.6 Å². The van der Waals surface area contributed by atoms with E-state index in [4.69, 9.17) is 0 Å². The zero-order chi connectivity index (χ0) is 15.4. The summed E-state index contributed by atoms with van der Waals surface area (Å²) in [5, 5.41) is 4.30. The molecule has 0 aliphatic heterocycles. The van der Waals surface area contributed by atoms with Gasteiger partial charge in [-0.1, -0.05) is 35.9 Å². The number of rotatable bonds is 3. The minimum Gasteiger partial charge on any atom is -0.267 e. The van der Waals surface area contributed by atoms with E-state index in [0.717, 1.165) is 35.3 Å². The summed E-state index contributed by atoms with van der Waals surface area (Å²) in [6.45, 7) is 10.1. The van der Waals surface area contributed by atoms with Gasteiger partial charge >= 0.3 is 0 Å². The Morgan fingerprint density at radius 2 is 1.95 bits per heavy atom. The van der Waals surface area contributed by atoms with Crippen LogP contribution >= 0.6 is 0 Å². The fraction of sp³-hybridized carbons (Fsp3) is 0.333. The lowest BCUT2D eigenvalue weighted by molar-refractivity contribution is 0.0954. The highest BCUT2D eigenvalue weighted by Gasteiger charge is 2.18. The van der Waals surface area contributed by atoms with Crippen LogP contribution in [0.4, 0.5) is 0 Å². The zero-order valence-corrected chi connectivity index (χ0v) is 12.9. The van der Waals surface area contributed by atoms with E-state index in [2.05, 4.69) is 23.2 Å². The Morgan fingerprint density at radius 1 is 1.29 bits per heavy atom. The van der Waals surface area contributed by atoms with Crippen LogP contribution < -0.4 is 5.43 Å². The number of carbonyl (C=O) groups excluding carboxylic acids is 1. The third-order valence-electron chi connectivity index (χ3n) is 3.91. The first-order chi connectivity index (χ1) is 9.97. The standard InChI is InChI=1S/C18H22N2O/c1-12(2)16-10-7-14(4)17(11-16)19-20-18(21)15-8-5-13(3)6-9-15/h5-9,16H,1,10-11H2,2-4H3,(H,20,21)/b19-17-. The Balaban J connectivity index is 2.07. The van der Waals surface area contributed by atoms with Crippen LogP contribution in [0.25, 0.3) is 0 Å². The van der Waals surface area contributed by atoms with Crippen LogP contribution in [0.3, 0.4) is 0 Å². The quantitative estimate of drug-likeness (QED) is 0.660. The van der Waals surface area contributed by atoms with Crippen molar-refractivity contribution in [2.45, 2.75) is 33.6 Å². The lowest BCUT2D eigenvalue weighted by Gasteiger charge is -2.22. The van der Waals surface area contributed by atoms with Crippen LogP contribution in [0.5, 0.6) is 0 Å². The summed E-state index contributed by atoms with van der Waals surface area (Å²) in [6.07, 6.45) is 4.01. The van der Waals surface area contributed by atoms with Gasteiger partial charge in [0, 0.05) is 5.56 Å². The normalized spacial score (nSPS) is 20.0. The summed E-state index contributed by atoms with van der Waals surface area (Å²) in [5.41, 5.74) is 7.65. The number of carbonyl (C=O) groups is 1. The zero-order valence-electron chi connectivity index (χ0n) is 12.9. The SMILES string of the molecule is C=C(C)C1CC=C(C)/C(=N\NC(=O)c2ccc(C)cc2)C1. The molecular weight excluding hydrogens is 260 g/mol. The largest absolute Gasteiger partial charge is 0.271 e. The molecule has 1 aliphatic rings. The van der Waals surface area contributed by atoms with Crippen molar-refractivity contribution in [2.75, 3.05) is 0 Å². The van der Waals surface area contributed by atoms with Gasteiger partial charge in [0.1, 0.15) is 0 Å². The van der Waals surface area contributed by atoms with Crippen molar-refractivity contribution >= 4 is 11.6 Å². The van der Waals surface area contributed by atoms with Crippen LogP contribution in [0.2, 0.25) is 0 Å². The van der Waals surface area contributed by atoms with Gasteiger partial charge in [0.15, 0.2) is 0 Å². The van der Waals surface area contributed by atoms with Crippen LogP contribution in [0.15, 0.2) is 53.2 Å². The molecule has 1 amide bonds. The Labute approximate surface area is 126 Å². The summed E-state index contributed by atoms with van der Waals surface area (Å²) in [6, 6.07) is 7.46. The molecule has 0 spiro atoms. The van der Waals surface area contributed by atoms with Crippen molar-refractivity contribution in [2.24, 2.45) is 11.0 Å². The molecule has 3 heteroatoms. The first-order valence-electron chi connectivity index (χ1n) is 7.23. The molecule has 3 nitrogen and oxygen atoms in total. The first kappa shape index (κ1) is 15.2. The van der Waals surface area contributed by atoms with E-state index in [1.54, 1.807) is 0 Å². The molecule has 1 aliphatic carbocycles. The molecule has 0 bridgehead atoms. The van der Waals surface area contributed by atoms with Gasteiger partial charge in [-0.2, -0.15) is 5.10 Å². The number of hydrazone groups is 1. The van der Waals surface area contributed by atoms with Crippen LogP contribution in [-0.2, 0) is 0 Å². The lowest BCUT2D eigenvalue weighted by atomic mass is 9.85. The number of nitrogens with zero attached hydrogens (tertiary/aromatic N) is 1. The molecule has 0 aromatic heterocycles. The van der Waals surface area contributed by atoms with E-state index in [-0.39, 0.29) is 5.91 Å². The molecule has 0 heterocycles. The minimum absolute atomic E-state index is 0.173. The third-order valence-corrected chi connectivity index (χ3v) is 3.91. The second-order valence-electron chi connectivity index (χ2n) is 5.74. The number of allylic oxidation sites excluding steroid dienone is 3. The molecule has 0 radical (unpaired) electrons. The Kier molecular flexibility index (Phi) is 4.73. The van der Waals surface area contributed by atoms with Crippen molar-refractivity contribution in [3.05, 3.63) is 59.2 Å². The highest BCUT2D eigenvalue weighted by Crippen LogP contribution is 2.26. The minimum atomic E-state index is -0.173. The molecule has 0 saturated heterocycles. The molecule has 1 N–H and O–H groups in total. The van der Waals surface area contributed by atoms with Gasteiger partial charge in [0.25, 0.3) is 5.91 Å². The Bertz CT molecular complexity index is 609. The van der Waals surface area contributed by atoms with E-state index in [9.17, 15) is 4.79 Å². The van der Waals surface area contributed by atoms with Gasteiger partial charge in [0.05, 0.1) is 5.71 Å². The van der Waals surface area contributed by atoms with E-state index >= 15 is 0 Å². The number of hydrogen-bond donors (Lipinski definition) is 1. The monoisotopic (exact) mass is 282 g/mol. The summed E-state index contributed by atoms with van der Waals surface area (Å²) in [7, 11) is 0. The fourth-order valence-corrected chi connectivity index (χ4v) is 2.31. The molecule has 1 atom stereocenters. The maximum atomic E-state index is 12.1. The van der Waals surface area contributed by atoms with Crippen molar-refractivity contribution in [3.8, 4) is 0 Å². The molecule has 1 aromatic rings. The summed E-state index contributed by atoms with van der Waals surface area (Å²) >= 11 is 0. The van der Waals surface area contributed by atoms with E-state index in [1.165, 1.54) is 0 Å². The second-order valence-corrected chi connectivity index (χ2v) is 5.74. The number of amides is 1. The van der Waals surface area contributed by atoms with E-state index in [0.29, 0.717) is 11.5 Å². The number of aryl methyl sites for hydroxylation is 1. The van der Waals surface area contributed by atoms with Gasteiger partial charge < -0.3 is 0 Å². The maximum absolute atomic E-state index is 12.1. The third kappa shape index (κ3) is 3.91. The fourth-order valence-electron chi connectivity index (χ4n) is 2.31. The van der Waals surface area contributed by atoms with Gasteiger partial charge in [-0.05, 0) is 57.2 Å². The molecule has 1 unspecified atom stereocenters. The van der Waals surface area contributed by atoms with Gasteiger partial charge in [-0.15, -0.1) is 0 Å².